The Bertz CT molecular complexity index is 795. The molecule has 2 heterocycles. The third-order valence-electron chi connectivity index (χ3n) is 3.30. The molecule has 0 radical (unpaired) electrons. The molecule has 4 nitrogen and oxygen atoms in total. The number of rotatable bonds is 2. The Morgan fingerprint density at radius 1 is 1.30 bits per heavy atom. The number of benzene rings is 1. The van der Waals surface area contributed by atoms with Gasteiger partial charge in [0, 0.05) is 24.2 Å². The Morgan fingerprint density at radius 2 is 2.10 bits per heavy atom. The van der Waals surface area contributed by atoms with E-state index in [0.717, 1.165) is 10.9 Å². The summed E-state index contributed by atoms with van der Waals surface area (Å²) in [5.41, 5.74) is 2.07. The van der Waals surface area contributed by atoms with E-state index in [1.165, 1.54) is 6.07 Å². The zero-order valence-corrected chi connectivity index (χ0v) is 11.5. The van der Waals surface area contributed by atoms with Crippen molar-refractivity contribution in [2.24, 2.45) is 7.05 Å². The molecule has 1 aromatic carbocycles. The van der Waals surface area contributed by atoms with E-state index in [-0.39, 0.29) is 5.82 Å². The Kier molecular flexibility index (Phi) is 2.89. The summed E-state index contributed by atoms with van der Waals surface area (Å²) in [6.45, 7) is 1.81. The number of ether oxygens (including phenoxy) is 1. The van der Waals surface area contributed by atoms with Crippen LogP contribution in [0.25, 0.3) is 22.2 Å². The molecule has 0 saturated carbocycles. The lowest BCUT2D eigenvalue weighted by atomic mass is 10.1. The average Bonchev–Trinajstić information content (AvgIpc) is 2.77. The molecule has 0 fully saturated rings. The Morgan fingerprint density at radius 3 is 2.85 bits per heavy atom. The molecule has 0 N–H and O–H groups in total. The smallest absolute Gasteiger partial charge is 0.163 e. The first-order valence-corrected chi connectivity index (χ1v) is 6.23. The fourth-order valence-electron chi connectivity index (χ4n) is 2.41. The number of methoxy groups -OCH3 is 1. The van der Waals surface area contributed by atoms with Crippen LogP contribution in [0.5, 0.6) is 5.75 Å². The molecule has 0 bridgehead atoms. The van der Waals surface area contributed by atoms with E-state index >= 15 is 0 Å². The van der Waals surface area contributed by atoms with Crippen LogP contribution in [0.3, 0.4) is 0 Å². The van der Waals surface area contributed by atoms with Crippen LogP contribution in [-0.4, -0.2) is 21.6 Å². The van der Waals surface area contributed by atoms with Gasteiger partial charge in [-0.1, -0.05) is 12.1 Å². The van der Waals surface area contributed by atoms with Gasteiger partial charge in [-0.25, -0.2) is 14.4 Å². The van der Waals surface area contributed by atoms with E-state index in [0.29, 0.717) is 22.8 Å². The number of fused-ring (bicyclic) bond motifs is 1. The van der Waals surface area contributed by atoms with Crippen molar-refractivity contribution >= 4 is 10.9 Å². The standard InChI is InChI=1S/C15H14FN3O/c1-9-17-7-13(20-3)14(18-9)11-8-19(2)15-10(11)5-4-6-12(15)16/h4-8H,1-3H3. The van der Waals surface area contributed by atoms with Gasteiger partial charge in [-0.15, -0.1) is 0 Å². The lowest BCUT2D eigenvalue weighted by Crippen LogP contribution is -1.95. The van der Waals surface area contributed by atoms with Crippen molar-refractivity contribution in [1.29, 1.82) is 0 Å². The number of nitrogens with zero attached hydrogens (tertiary/aromatic N) is 3. The van der Waals surface area contributed by atoms with E-state index in [9.17, 15) is 4.39 Å². The Hall–Kier alpha value is -2.43. The summed E-state index contributed by atoms with van der Waals surface area (Å²) in [6.07, 6.45) is 3.49. The molecule has 2 aromatic heterocycles. The third-order valence-corrected chi connectivity index (χ3v) is 3.30. The van der Waals surface area contributed by atoms with Gasteiger partial charge in [-0.05, 0) is 13.0 Å². The molecule has 0 aliphatic carbocycles. The van der Waals surface area contributed by atoms with Crippen LogP contribution in [0.4, 0.5) is 4.39 Å². The number of halogens is 1. The van der Waals surface area contributed by atoms with Gasteiger partial charge >= 0.3 is 0 Å². The second-order valence-electron chi connectivity index (χ2n) is 4.62. The van der Waals surface area contributed by atoms with Crippen LogP contribution in [0, 0.1) is 12.7 Å². The highest BCUT2D eigenvalue weighted by molar-refractivity contribution is 5.96. The van der Waals surface area contributed by atoms with Gasteiger partial charge in [-0.3, -0.25) is 0 Å². The number of hydrogen-bond acceptors (Lipinski definition) is 3. The summed E-state index contributed by atoms with van der Waals surface area (Å²) < 4.78 is 21.0. The SMILES string of the molecule is COc1cnc(C)nc1-c1cn(C)c2c(F)cccc12. The fraction of sp³-hybridized carbons (Fsp3) is 0.200. The zero-order valence-electron chi connectivity index (χ0n) is 11.5. The predicted molar refractivity (Wildman–Crippen MR) is 75.2 cm³/mol. The zero-order chi connectivity index (χ0) is 14.3. The van der Waals surface area contributed by atoms with Crippen molar-refractivity contribution in [2.75, 3.05) is 7.11 Å². The molecule has 0 saturated heterocycles. The minimum atomic E-state index is -0.249. The lowest BCUT2D eigenvalue weighted by molar-refractivity contribution is 0.412. The molecule has 0 aliphatic heterocycles. The van der Waals surface area contributed by atoms with Crippen LogP contribution in [0.2, 0.25) is 0 Å². The van der Waals surface area contributed by atoms with Crippen molar-refractivity contribution in [3.8, 4) is 17.0 Å². The summed E-state index contributed by atoms with van der Waals surface area (Å²) in [4.78, 5) is 8.56. The molecule has 3 aromatic rings. The summed E-state index contributed by atoms with van der Waals surface area (Å²) in [6, 6.07) is 5.03. The summed E-state index contributed by atoms with van der Waals surface area (Å²) in [7, 11) is 3.39. The van der Waals surface area contributed by atoms with Crippen LogP contribution in [0.15, 0.2) is 30.6 Å². The van der Waals surface area contributed by atoms with E-state index in [2.05, 4.69) is 9.97 Å². The van der Waals surface area contributed by atoms with Gasteiger partial charge in [0.15, 0.2) is 5.75 Å². The van der Waals surface area contributed by atoms with Crippen LogP contribution in [-0.2, 0) is 7.05 Å². The second kappa shape index (κ2) is 4.59. The van der Waals surface area contributed by atoms with E-state index in [1.807, 2.05) is 26.2 Å². The molecule has 0 spiro atoms. The molecule has 0 aliphatic rings. The monoisotopic (exact) mass is 271 g/mol. The van der Waals surface area contributed by atoms with Crippen molar-refractivity contribution in [1.82, 2.24) is 14.5 Å². The average molecular weight is 271 g/mol. The first-order valence-electron chi connectivity index (χ1n) is 6.23. The Labute approximate surface area is 115 Å². The minimum absolute atomic E-state index is 0.249. The van der Waals surface area contributed by atoms with Crippen LogP contribution < -0.4 is 4.74 Å². The number of para-hydroxylation sites is 1. The normalized spacial score (nSPS) is 11.0. The van der Waals surface area contributed by atoms with Crippen LogP contribution >= 0.6 is 0 Å². The van der Waals surface area contributed by atoms with E-state index in [1.54, 1.807) is 23.9 Å². The maximum atomic E-state index is 14.0. The summed E-state index contributed by atoms with van der Waals surface area (Å²) in [5, 5.41) is 0.809. The van der Waals surface area contributed by atoms with E-state index < -0.39 is 0 Å². The maximum absolute atomic E-state index is 14.0. The minimum Gasteiger partial charge on any atom is -0.493 e. The van der Waals surface area contributed by atoms with Gasteiger partial charge in [0.05, 0.1) is 18.8 Å². The molecule has 5 heteroatoms. The molecule has 0 atom stereocenters. The third kappa shape index (κ3) is 1.82. The van der Waals surface area contributed by atoms with Gasteiger partial charge < -0.3 is 9.30 Å². The highest BCUT2D eigenvalue weighted by Crippen LogP contribution is 2.35. The van der Waals surface area contributed by atoms with Crippen LogP contribution in [0.1, 0.15) is 5.82 Å². The Balaban J connectivity index is 2.36. The maximum Gasteiger partial charge on any atom is 0.163 e. The largest absolute Gasteiger partial charge is 0.493 e. The van der Waals surface area contributed by atoms with Gasteiger partial charge in [0.1, 0.15) is 17.3 Å². The molecular weight excluding hydrogens is 257 g/mol. The van der Waals surface area contributed by atoms with Gasteiger partial charge in [-0.2, -0.15) is 0 Å². The lowest BCUT2D eigenvalue weighted by Gasteiger charge is -2.06. The first-order chi connectivity index (χ1) is 9.61. The van der Waals surface area contributed by atoms with Gasteiger partial charge in [0.25, 0.3) is 0 Å². The predicted octanol–water partition coefficient (Wildman–Crippen LogP) is 3.09. The molecule has 102 valence electrons. The highest BCUT2D eigenvalue weighted by Gasteiger charge is 2.16. The van der Waals surface area contributed by atoms with E-state index in [4.69, 9.17) is 4.74 Å². The molecule has 3 rings (SSSR count). The van der Waals surface area contributed by atoms with Crippen molar-refractivity contribution in [3.05, 3.63) is 42.2 Å². The fourth-order valence-corrected chi connectivity index (χ4v) is 2.41. The number of aromatic nitrogens is 3. The molecular formula is C15H14FN3O. The van der Waals surface area contributed by atoms with Crippen molar-refractivity contribution < 1.29 is 9.13 Å². The second-order valence-corrected chi connectivity index (χ2v) is 4.62. The first kappa shape index (κ1) is 12.6. The molecule has 0 amide bonds. The van der Waals surface area contributed by atoms with Crippen molar-refractivity contribution in [3.63, 3.8) is 0 Å². The summed E-state index contributed by atoms with van der Waals surface area (Å²) >= 11 is 0. The number of hydrogen-bond donors (Lipinski definition) is 0. The van der Waals surface area contributed by atoms with Crippen molar-refractivity contribution in [2.45, 2.75) is 6.92 Å². The van der Waals surface area contributed by atoms with Gasteiger partial charge in [0.2, 0.25) is 0 Å². The topological polar surface area (TPSA) is 39.9 Å². The quantitative estimate of drug-likeness (QED) is 0.719. The molecule has 20 heavy (non-hydrogen) atoms. The highest BCUT2D eigenvalue weighted by atomic mass is 19.1. The molecule has 0 unspecified atom stereocenters. The summed E-state index contributed by atoms with van der Waals surface area (Å²) in [5.74, 6) is 0.975. The number of aryl methyl sites for hydroxylation is 2.